The number of carboxylic acid groups (broad SMARTS) is 1. The summed E-state index contributed by atoms with van der Waals surface area (Å²) in [4.78, 5) is 33.6. The minimum Gasteiger partial charge on any atom is -0.464 e. The van der Waals surface area contributed by atoms with Gasteiger partial charge in [0.05, 0.1) is 11.1 Å². The van der Waals surface area contributed by atoms with E-state index in [1.165, 1.54) is 17.5 Å². The van der Waals surface area contributed by atoms with E-state index in [4.69, 9.17) is 9.15 Å². The molecule has 0 aliphatic heterocycles. The Morgan fingerprint density at radius 3 is 2.55 bits per heavy atom. The summed E-state index contributed by atoms with van der Waals surface area (Å²) in [5, 5.41) is 19.4. The Labute approximate surface area is 177 Å². The van der Waals surface area contributed by atoms with E-state index in [9.17, 15) is 14.7 Å². The lowest BCUT2D eigenvalue weighted by Crippen LogP contribution is -2.41. The first-order chi connectivity index (χ1) is 13.6. The molecule has 0 fully saturated rings. The summed E-state index contributed by atoms with van der Waals surface area (Å²) in [6, 6.07) is 1.91. The molecule has 0 aliphatic carbocycles. The van der Waals surface area contributed by atoms with E-state index in [1.807, 2.05) is 18.4 Å². The fourth-order valence-electron chi connectivity index (χ4n) is 2.23. The summed E-state index contributed by atoms with van der Waals surface area (Å²) in [6.07, 6.45) is -1.47. The van der Waals surface area contributed by atoms with Crippen molar-refractivity contribution in [3.63, 3.8) is 0 Å². The zero-order valence-corrected chi connectivity index (χ0v) is 18.2. The topological polar surface area (TPSA) is 132 Å². The number of imide groups is 1. The predicted molar refractivity (Wildman–Crippen MR) is 108 cm³/mol. The lowest BCUT2D eigenvalue weighted by atomic mass is 10.2. The highest BCUT2D eigenvalue weighted by molar-refractivity contribution is 9.10. The summed E-state index contributed by atoms with van der Waals surface area (Å²) in [7, 11) is 0. The number of aromatic nitrogens is 4. The van der Waals surface area contributed by atoms with Gasteiger partial charge in [-0.1, -0.05) is 0 Å². The van der Waals surface area contributed by atoms with Crippen LogP contribution in [-0.4, -0.2) is 43.1 Å². The number of carbonyl (C=O) groups excluding carboxylic acids is 1. The number of halogens is 1. The summed E-state index contributed by atoms with van der Waals surface area (Å²) >= 11 is 4.60. The van der Waals surface area contributed by atoms with Crippen LogP contribution in [0.5, 0.6) is 0 Å². The van der Waals surface area contributed by atoms with E-state index >= 15 is 0 Å². The quantitative estimate of drug-likeness (QED) is 0.562. The molecule has 10 nitrogen and oxygen atoms in total. The standard InChI is InChI=1S/C17H16BrN5O5S/c1-8-5-6-29-11(8)14-22-21-13(27-14)10-12(19-7-9(18)20-10)23(15(24)25)16(26)28-17(2,3)4/h5-7H,1-4H3,(H,24,25). The first-order valence-corrected chi connectivity index (χ1v) is 9.91. The van der Waals surface area contributed by atoms with Crippen molar-refractivity contribution in [1.29, 1.82) is 0 Å². The lowest BCUT2D eigenvalue weighted by Gasteiger charge is -2.24. The fourth-order valence-corrected chi connectivity index (χ4v) is 3.36. The SMILES string of the molecule is Cc1ccsc1-c1nnc(-c2nc(Br)cnc2N(C(=O)O)C(=O)OC(C)(C)C)o1. The number of hydrogen-bond donors (Lipinski definition) is 1. The van der Waals surface area contributed by atoms with Crippen molar-refractivity contribution in [3.05, 3.63) is 27.8 Å². The average Bonchev–Trinajstić information content (AvgIpc) is 3.23. The third kappa shape index (κ3) is 4.59. The average molecular weight is 482 g/mol. The molecule has 3 heterocycles. The second-order valence-corrected chi connectivity index (χ2v) is 8.54. The van der Waals surface area contributed by atoms with Gasteiger partial charge in [-0.3, -0.25) is 0 Å². The highest BCUT2D eigenvalue weighted by atomic mass is 79.9. The summed E-state index contributed by atoms with van der Waals surface area (Å²) in [5.74, 6) is -0.154. The summed E-state index contributed by atoms with van der Waals surface area (Å²) < 4.78 is 11.2. The molecule has 0 saturated heterocycles. The van der Waals surface area contributed by atoms with Gasteiger partial charge in [0.2, 0.25) is 0 Å². The summed E-state index contributed by atoms with van der Waals surface area (Å²) in [6.45, 7) is 6.75. The maximum atomic E-state index is 12.5. The van der Waals surface area contributed by atoms with Crippen LogP contribution in [0.25, 0.3) is 22.4 Å². The number of amides is 2. The third-order valence-corrected chi connectivity index (χ3v) is 4.77. The van der Waals surface area contributed by atoms with E-state index in [0.29, 0.717) is 4.90 Å². The van der Waals surface area contributed by atoms with Crippen LogP contribution in [0.1, 0.15) is 26.3 Å². The Kier molecular flexibility index (Phi) is 5.66. The Hall–Kier alpha value is -2.86. The molecule has 0 spiro atoms. The second kappa shape index (κ2) is 7.87. The zero-order valence-electron chi connectivity index (χ0n) is 15.8. The number of thiophene rings is 1. The highest BCUT2D eigenvalue weighted by Crippen LogP contribution is 2.33. The van der Waals surface area contributed by atoms with Crippen LogP contribution >= 0.6 is 27.3 Å². The number of hydrogen-bond acceptors (Lipinski definition) is 9. The van der Waals surface area contributed by atoms with Crippen LogP contribution in [0.3, 0.4) is 0 Å². The molecule has 2 amide bonds. The van der Waals surface area contributed by atoms with Gasteiger partial charge in [-0.15, -0.1) is 21.5 Å². The molecule has 0 bridgehead atoms. The Balaban J connectivity index is 2.08. The fraction of sp³-hybridized carbons (Fsp3) is 0.294. The van der Waals surface area contributed by atoms with Crippen molar-refractivity contribution in [2.75, 3.05) is 4.90 Å². The van der Waals surface area contributed by atoms with Crippen molar-refractivity contribution in [3.8, 4) is 22.4 Å². The first-order valence-electron chi connectivity index (χ1n) is 8.23. The van der Waals surface area contributed by atoms with Crippen molar-refractivity contribution in [2.45, 2.75) is 33.3 Å². The smallest absolute Gasteiger partial charge is 0.425 e. The predicted octanol–water partition coefficient (Wildman–Crippen LogP) is 4.75. The Morgan fingerprint density at radius 2 is 1.97 bits per heavy atom. The molecule has 3 rings (SSSR count). The van der Waals surface area contributed by atoms with E-state index in [1.54, 1.807) is 20.8 Å². The van der Waals surface area contributed by atoms with E-state index in [2.05, 4.69) is 36.1 Å². The van der Waals surface area contributed by atoms with Gasteiger partial charge >= 0.3 is 12.2 Å². The number of carbonyl (C=O) groups is 2. The van der Waals surface area contributed by atoms with Crippen molar-refractivity contribution in [1.82, 2.24) is 20.2 Å². The van der Waals surface area contributed by atoms with E-state index in [0.717, 1.165) is 10.4 Å². The van der Waals surface area contributed by atoms with Gasteiger partial charge in [0.15, 0.2) is 11.5 Å². The number of ether oxygens (including phenoxy) is 1. The van der Waals surface area contributed by atoms with E-state index in [-0.39, 0.29) is 27.9 Å². The molecular formula is C17H16BrN5O5S. The minimum atomic E-state index is -1.59. The molecule has 0 unspecified atom stereocenters. The van der Waals surface area contributed by atoms with Crippen LogP contribution in [0.2, 0.25) is 0 Å². The molecule has 0 radical (unpaired) electrons. The summed E-state index contributed by atoms with van der Waals surface area (Å²) in [5.41, 5.74) is -0.0468. The minimum absolute atomic E-state index is 0.0828. The maximum absolute atomic E-state index is 12.5. The van der Waals surface area contributed by atoms with Crippen molar-refractivity contribution in [2.24, 2.45) is 0 Å². The number of aryl methyl sites for hydroxylation is 1. The van der Waals surface area contributed by atoms with Gasteiger partial charge in [-0.2, -0.15) is 4.90 Å². The lowest BCUT2D eigenvalue weighted by molar-refractivity contribution is 0.0581. The molecule has 0 saturated carbocycles. The monoisotopic (exact) mass is 481 g/mol. The zero-order chi connectivity index (χ0) is 21.3. The molecule has 3 aromatic rings. The molecule has 0 atom stereocenters. The Bertz CT molecular complexity index is 1070. The van der Waals surface area contributed by atoms with Gasteiger partial charge in [0, 0.05) is 0 Å². The number of rotatable bonds is 3. The second-order valence-electron chi connectivity index (χ2n) is 6.81. The van der Waals surface area contributed by atoms with Gasteiger partial charge in [0.25, 0.3) is 11.8 Å². The van der Waals surface area contributed by atoms with E-state index < -0.39 is 17.8 Å². The van der Waals surface area contributed by atoms with Crippen molar-refractivity contribution < 1.29 is 23.8 Å². The van der Waals surface area contributed by atoms with Crippen LogP contribution in [-0.2, 0) is 4.74 Å². The van der Waals surface area contributed by atoms with Gasteiger partial charge in [-0.05, 0) is 60.6 Å². The third-order valence-electron chi connectivity index (χ3n) is 3.39. The van der Waals surface area contributed by atoms with Gasteiger partial charge in [-0.25, -0.2) is 19.6 Å². The van der Waals surface area contributed by atoms with Gasteiger partial charge < -0.3 is 14.3 Å². The van der Waals surface area contributed by atoms with Crippen LogP contribution in [0, 0.1) is 6.92 Å². The molecule has 12 heteroatoms. The largest absolute Gasteiger partial charge is 0.464 e. The number of nitrogens with zero attached hydrogens (tertiary/aromatic N) is 5. The van der Waals surface area contributed by atoms with Crippen LogP contribution in [0.15, 0.2) is 26.7 Å². The highest BCUT2D eigenvalue weighted by Gasteiger charge is 2.34. The molecule has 152 valence electrons. The molecule has 29 heavy (non-hydrogen) atoms. The van der Waals surface area contributed by atoms with Crippen LogP contribution in [0.4, 0.5) is 15.4 Å². The molecule has 1 N–H and O–H groups in total. The van der Waals surface area contributed by atoms with Gasteiger partial charge in [0.1, 0.15) is 10.2 Å². The normalized spacial score (nSPS) is 11.3. The number of anilines is 1. The molecule has 0 aromatic carbocycles. The molecule has 0 aliphatic rings. The maximum Gasteiger partial charge on any atom is 0.425 e. The molecular weight excluding hydrogens is 466 g/mol. The molecule has 3 aromatic heterocycles. The Morgan fingerprint density at radius 1 is 1.28 bits per heavy atom. The van der Waals surface area contributed by atoms with Crippen molar-refractivity contribution >= 4 is 45.3 Å². The first kappa shape index (κ1) is 20.9. The van der Waals surface area contributed by atoms with Crippen LogP contribution < -0.4 is 4.90 Å².